The molecule has 1 rings (SSSR count). The SMILES string of the molecule is C=C(CCc1ccccc1)C(C)C(=O)OCC. The molecule has 0 radical (unpaired) electrons. The van der Waals surface area contributed by atoms with Crippen molar-refractivity contribution in [3.63, 3.8) is 0 Å². The predicted octanol–water partition coefficient (Wildman–Crippen LogP) is 3.37. The molecule has 1 aromatic carbocycles. The molecule has 0 N–H and O–H groups in total. The first-order valence-electron chi connectivity index (χ1n) is 6.03. The van der Waals surface area contributed by atoms with Gasteiger partial charge in [0.05, 0.1) is 12.5 Å². The maximum Gasteiger partial charge on any atom is 0.312 e. The average molecular weight is 232 g/mol. The van der Waals surface area contributed by atoms with E-state index in [0.29, 0.717) is 6.61 Å². The molecule has 0 bridgehead atoms. The number of esters is 1. The zero-order chi connectivity index (χ0) is 12.7. The third kappa shape index (κ3) is 4.43. The highest BCUT2D eigenvalue weighted by atomic mass is 16.5. The van der Waals surface area contributed by atoms with Gasteiger partial charge in [0.2, 0.25) is 0 Å². The van der Waals surface area contributed by atoms with Crippen LogP contribution in [-0.2, 0) is 16.0 Å². The van der Waals surface area contributed by atoms with Gasteiger partial charge in [0, 0.05) is 0 Å². The van der Waals surface area contributed by atoms with Gasteiger partial charge in [0.1, 0.15) is 0 Å². The Bertz CT molecular complexity index is 368. The maximum absolute atomic E-state index is 11.5. The van der Waals surface area contributed by atoms with Gasteiger partial charge in [-0.2, -0.15) is 0 Å². The Labute approximate surface area is 103 Å². The molecule has 17 heavy (non-hydrogen) atoms. The van der Waals surface area contributed by atoms with Crippen LogP contribution in [0.15, 0.2) is 42.5 Å². The minimum atomic E-state index is -0.210. The Kier molecular flexibility index (Phi) is 5.47. The van der Waals surface area contributed by atoms with Gasteiger partial charge in [-0.3, -0.25) is 4.79 Å². The molecule has 2 nitrogen and oxygen atoms in total. The van der Waals surface area contributed by atoms with Crippen molar-refractivity contribution in [2.45, 2.75) is 26.7 Å². The van der Waals surface area contributed by atoms with Crippen LogP contribution in [0.5, 0.6) is 0 Å². The fourth-order valence-corrected chi connectivity index (χ4v) is 1.60. The van der Waals surface area contributed by atoms with E-state index in [1.165, 1.54) is 5.56 Å². The van der Waals surface area contributed by atoms with Gasteiger partial charge < -0.3 is 4.74 Å². The van der Waals surface area contributed by atoms with E-state index < -0.39 is 0 Å². The summed E-state index contributed by atoms with van der Waals surface area (Å²) in [5.41, 5.74) is 2.21. The lowest BCUT2D eigenvalue weighted by Gasteiger charge is -2.13. The van der Waals surface area contributed by atoms with E-state index in [1.54, 1.807) is 0 Å². The van der Waals surface area contributed by atoms with Crippen LogP contribution < -0.4 is 0 Å². The van der Waals surface area contributed by atoms with Gasteiger partial charge in [-0.05, 0) is 32.3 Å². The van der Waals surface area contributed by atoms with E-state index in [9.17, 15) is 4.79 Å². The molecule has 0 spiro atoms. The van der Waals surface area contributed by atoms with Crippen molar-refractivity contribution >= 4 is 5.97 Å². The third-order valence-corrected chi connectivity index (χ3v) is 2.83. The predicted molar refractivity (Wildman–Crippen MR) is 69.7 cm³/mol. The summed E-state index contributed by atoms with van der Waals surface area (Å²) in [6, 6.07) is 10.2. The molecule has 0 aliphatic carbocycles. The van der Waals surface area contributed by atoms with Crippen LogP contribution in [0.25, 0.3) is 0 Å². The van der Waals surface area contributed by atoms with Crippen LogP contribution in [0.3, 0.4) is 0 Å². The van der Waals surface area contributed by atoms with E-state index in [4.69, 9.17) is 4.74 Å². The van der Waals surface area contributed by atoms with E-state index in [1.807, 2.05) is 32.0 Å². The Morgan fingerprint density at radius 1 is 1.35 bits per heavy atom. The van der Waals surface area contributed by atoms with E-state index in [2.05, 4.69) is 18.7 Å². The number of aryl methyl sites for hydroxylation is 1. The number of carbonyl (C=O) groups is 1. The Morgan fingerprint density at radius 2 is 2.00 bits per heavy atom. The normalized spacial score (nSPS) is 11.9. The topological polar surface area (TPSA) is 26.3 Å². The molecule has 1 aromatic rings. The first kappa shape index (κ1) is 13.5. The summed E-state index contributed by atoms with van der Waals surface area (Å²) in [5, 5.41) is 0. The average Bonchev–Trinajstić information content (AvgIpc) is 2.36. The second-order valence-electron chi connectivity index (χ2n) is 4.12. The molecule has 2 heteroatoms. The van der Waals surface area contributed by atoms with E-state index in [-0.39, 0.29) is 11.9 Å². The quantitative estimate of drug-likeness (QED) is 0.555. The molecule has 0 heterocycles. The lowest BCUT2D eigenvalue weighted by atomic mass is 9.96. The van der Waals surface area contributed by atoms with Crippen molar-refractivity contribution in [1.29, 1.82) is 0 Å². The van der Waals surface area contributed by atoms with Crippen LogP contribution in [0.4, 0.5) is 0 Å². The van der Waals surface area contributed by atoms with Crippen LogP contribution in [0.2, 0.25) is 0 Å². The number of hydrogen-bond acceptors (Lipinski definition) is 2. The molecule has 1 atom stereocenters. The maximum atomic E-state index is 11.5. The van der Waals surface area contributed by atoms with Gasteiger partial charge in [-0.1, -0.05) is 42.5 Å². The van der Waals surface area contributed by atoms with Gasteiger partial charge in [-0.25, -0.2) is 0 Å². The van der Waals surface area contributed by atoms with Crippen molar-refractivity contribution in [3.8, 4) is 0 Å². The van der Waals surface area contributed by atoms with Gasteiger partial charge in [0.25, 0.3) is 0 Å². The molecule has 0 saturated carbocycles. The summed E-state index contributed by atoms with van der Waals surface area (Å²) in [6.45, 7) is 8.07. The largest absolute Gasteiger partial charge is 0.466 e. The Morgan fingerprint density at radius 3 is 2.59 bits per heavy atom. The van der Waals surface area contributed by atoms with Crippen LogP contribution in [-0.4, -0.2) is 12.6 Å². The number of carbonyl (C=O) groups excluding carboxylic acids is 1. The van der Waals surface area contributed by atoms with Crippen molar-refractivity contribution in [2.75, 3.05) is 6.61 Å². The minimum absolute atomic E-state index is 0.175. The molecule has 92 valence electrons. The lowest BCUT2D eigenvalue weighted by molar-refractivity contribution is -0.146. The molecule has 0 aromatic heterocycles. The molecule has 0 saturated heterocycles. The summed E-state index contributed by atoms with van der Waals surface area (Å²) in [7, 11) is 0. The molecule has 0 amide bonds. The molecule has 1 unspecified atom stereocenters. The lowest BCUT2D eigenvalue weighted by Crippen LogP contribution is -2.16. The standard InChI is InChI=1S/C15H20O2/c1-4-17-15(16)13(3)12(2)10-11-14-8-6-5-7-9-14/h5-9,13H,2,4,10-11H2,1,3H3. The summed E-state index contributed by atoms with van der Waals surface area (Å²) < 4.78 is 4.98. The smallest absolute Gasteiger partial charge is 0.312 e. The first-order chi connectivity index (χ1) is 8.15. The van der Waals surface area contributed by atoms with Gasteiger partial charge in [0.15, 0.2) is 0 Å². The second kappa shape index (κ2) is 6.89. The van der Waals surface area contributed by atoms with Crippen molar-refractivity contribution < 1.29 is 9.53 Å². The van der Waals surface area contributed by atoms with Crippen LogP contribution in [0, 0.1) is 5.92 Å². The highest BCUT2D eigenvalue weighted by molar-refractivity contribution is 5.75. The molecular formula is C15H20O2. The monoisotopic (exact) mass is 232 g/mol. The second-order valence-corrected chi connectivity index (χ2v) is 4.12. The molecule has 0 fully saturated rings. The Balaban J connectivity index is 2.42. The molecular weight excluding hydrogens is 212 g/mol. The third-order valence-electron chi connectivity index (χ3n) is 2.83. The zero-order valence-corrected chi connectivity index (χ0v) is 10.6. The highest BCUT2D eigenvalue weighted by Gasteiger charge is 2.16. The van der Waals surface area contributed by atoms with E-state index >= 15 is 0 Å². The van der Waals surface area contributed by atoms with Gasteiger partial charge >= 0.3 is 5.97 Å². The number of rotatable bonds is 6. The van der Waals surface area contributed by atoms with Crippen molar-refractivity contribution in [2.24, 2.45) is 5.92 Å². The van der Waals surface area contributed by atoms with Crippen LogP contribution >= 0.6 is 0 Å². The summed E-state index contributed by atoms with van der Waals surface area (Å²) in [6.07, 6.45) is 1.74. The van der Waals surface area contributed by atoms with E-state index in [0.717, 1.165) is 18.4 Å². The summed E-state index contributed by atoms with van der Waals surface area (Å²) in [4.78, 5) is 11.5. The fourth-order valence-electron chi connectivity index (χ4n) is 1.60. The van der Waals surface area contributed by atoms with Crippen molar-refractivity contribution in [1.82, 2.24) is 0 Å². The number of hydrogen-bond donors (Lipinski definition) is 0. The Hall–Kier alpha value is -1.57. The fraction of sp³-hybridized carbons (Fsp3) is 0.400. The summed E-state index contributed by atoms with van der Waals surface area (Å²) in [5.74, 6) is -0.385. The molecule has 0 aliphatic rings. The van der Waals surface area contributed by atoms with Crippen molar-refractivity contribution in [3.05, 3.63) is 48.0 Å². The van der Waals surface area contributed by atoms with Gasteiger partial charge in [-0.15, -0.1) is 0 Å². The number of benzene rings is 1. The minimum Gasteiger partial charge on any atom is -0.466 e. The zero-order valence-electron chi connectivity index (χ0n) is 10.6. The highest BCUT2D eigenvalue weighted by Crippen LogP contribution is 2.17. The first-order valence-corrected chi connectivity index (χ1v) is 6.03. The number of ether oxygens (including phenoxy) is 1. The van der Waals surface area contributed by atoms with Crippen LogP contribution in [0.1, 0.15) is 25.8 Å². The summed E-state index contributed by atoms with van der Waals surface area (Å²) >= 11 is 0. The molecule has 0 aliphatic heterocycles.